The Labute approximate surface area is 192 Å². The Morgan fingerprint density at radius 3 is 2.16 bits per heavy atom. The van der Waals surface area contributed by atoms with Crippen molar-refractivity contribution >= 4 is 17.7 Å². The van der Waals surface area contributed by atoms with Gasteiger partial charge in [0.2, 0.25) is 17.7 Å². The summed E-state index contributed by atoms with van der Waals surface area (Å²) >= 11 is 0. The molecule has 1 saturated heterocycles. The van der Waals surface area contributed by atoms with Gasteiger partial charge < -0.3 is 15.5 Å². The smallest absolute Gasteiger partial charge is 0.226 e. The highest BCUT2D eigenvalue weighted by molar-refractivity contribution is 5.84. The summed E-state index contributed by atoms with van der Waals surface area (Å²) < 4.78 is 0. The van der Waals surface area contributed by atoms with E-state index in [-0.39, 0.29) is 29.1 Å². The molecule has 4 bridgehead atoms. The van der Waals surface area contributed by atoms with Gasteiger partial charge in [-0.1, -0.05) is 19.3 Å². The molecule has 6 fully saturated rings. The van der Waals surface area contributed by atoms with Crippen molar-refractivity contribution in [2.45, 2.75) is 95.9 Å². The SMILES string of the molecule is O=C(NC1CCCCC1)C1CCCN(C(=O)CCNC(=O)C23CC4CC(CC(C4)C2)C3)C1. The van der Waals surface area contributed by atoms with Crippen molar-refractivity contribution < 1.29 is 14.4 Å². The molecule has 5 aliphatic carbocycles. The van der Waals surface area contributed by atoms with E-state index >= 15 is 0 Å². The third-order valence-corrected chi connectivity index (χ3v) is 9.24. The molecule has 6 rings (SSSR count). The lowest BCUT2D eigenvalue weighted by molar-refractivity contribution is -0.146. The van der Waals surface area contributed by atoms with E-state index in [1.165, 1.54) is 38.5 Å². The third-order valence-electron chi connectivity index (χ3n) is 9.24. The third kappa shape index (κ3) is 4.70. The molecule has 0 spiro atoms. The molecule has 1 aliphatic heterocycles. The number of carbonyl (C=O) groups excluding carboxylic acids is 3. The van der Waals surface area contributed by atoms with E-state index in [0.29, 0.717) is 25.6 Å². The van der Waals surface area contributed by atoms with Crippen LogP contribution in [0.3, 0.4) is 0 Å². The predicted molar refractivity (Wildman–Crippen MR) is 123 cm³/mol. The van der Waals surface area contributed by atoms with Crippen molar-refractivity contribution in [3.05, 3.63) is 0 Å². The number of amides is 3. The molecule has 178 valence electrons. The van der Waals surface area contributed by atoms with E-state index in [1.807, 2.05) is 4.90 Å². The molecule has 6 heteroatoms. The summed E-state index contributed by atoms with van der Waals surface area (Å²) in [6.07, 6.45) is 15.1. The van der Waals surface area contributed by atoms with E-state index in [4.69, 9.17) is 0 Å². The van der Waals surface area contributed by atoms with Crippen LogP contribution in [0.25, 0.3) is 0 Å². The molecule has 0 aromatic heterocycles. The van der Waals surface area contributed by atoms with Gasteiger partial charge in [-0.15, -0.1) is 0 Å². The maximum Gasteiger partial charge on any atom is 0.226 e. The van der Waals surface area contributed by atoms with Gasteiger partial charge in [0.25, 0.3) is 0 Å². The van der Waals surface area contributed by atoms with Crippen molar-refractivity contribution in [3.63, 3.8) is 0 Å². The Balaban J connectivity index is 1.07. The summed E-state index contributed by atoms with van der Waals surface area (Å²) in [6.45, 7) is 1.68. The first kappa shape index (κ1) is 22.2. The van der Waals surface area contributed by atoms with Gasteiger partial charge in [-0.3, -0.25) is 14.4 Å². The van der Waals surface area contributed by atoms with Crippen LogP contribution < -0.4 is 10.6 Å². The summed E-state index contributed by atoms with van der Waals surface area (Å²) in [5.74, 6) is 2.57. The average molecular weight is 444 g/mol. The fourth-order valence-corrected chi connectivity index (χ4v) is 8.00. The topological polar surface area (TPSA) is 78.5 Å². The molecule has 6 nitrogen and oxygen atoms in total. The second-order valence-corrected chi connectivity index (χ2v) is 11.7. The summed E-state index contributed by atoms with van der Waals surface area (Å²) in [4.78, 5) is 40.5. The fourth-order valence-electron chi connectivity index (χ4n) is 8.00. The van der Waals surface area contributed by atoms with Crippen molar-refractivity contribution in [3.8, 4) is 0 Å². The molecule has 5 saturated carbocycles. The Morgan fingerprint density at radius 1 is 0.844 bits per heavy atom. The summed E-state index contributed by atoms with van der Waals surface area (Å²) in [5.41, 5.74) is -0.148. The van der Waals surface area contributed by atoms with E-state index in [2.05, 4.69) is 10.6 Å². The van der Waals surface area contributed by atoms with Crippen molar-refractivity contribution in [2.24, 2.45) is 29.1 Å². The van der Waals surface area contributed by atoms with E-state index in [9.17, 15) is 14.4 Å². The second-order valence-electron chi connectivity index (χ2n) is 11.7. The standard InChI is InChI=1S/C26H41N3O3/c30-23(29-10-4-5-21(17-29)24(31)28-22-6-2-1-3-7-22)8-9-27-25(32)26-14-18-11-19(15-26)13-20(12-18)16-26/h18-22H,1-17H2,(H,27,32)(H,28,31). The van der Waals surface area contributed by atoms with Crippen molar-refractivity contribution in [1.29, 1.82) is 0 Å². The molecule has 1 heterocycles. The molecule has 0 aromatic rings. The number of hydrogen-bond donors (Lipinski definition) is 2. The first-order valence-corrected chi connectivity index (χ1v) is 13.4. The number of rotatable bonds is 6. The number of carbonyl (C=O) groups is 3. The van der Waals surface area contributed by atoms with Crippen LogP contribution >= 0.6 is 0 Å². The van der Waals surface area contributed by atoms with Crippen LogP contribution in [0.1, 0.15) is 89.9 Å². The number of hydrogen-bond acceptors (Lipinski definition) is 3. The lowest BCUT2D eigenvalue weighted by atomic mass is 9.49. The van der Waals surface area contributed by atoms with Crippen LogP contribution in [0.2, 0.25) is 0 Å². The molecule has 1 atom stereocenters. The molecule has 32 heavy (non-hydrogen) atoms. The minimum atomic E-state index is -0.148. The number of nitrogens with zero attached hydrogens (tertiary/aromatic N) is 1. The van der Waals surface area contributed by atoms with E-state index < -0.39 is 0 Å². The van der Waals surface area contributed by atoms with Gasteiger partial charge in [-0.2, -0.15) is 0 Å². The maximum atomic E-state index is 13.1. The van der Waals surface area contributed by atoms with Gasteiger partial charge in [-0.25, -0.2) is 0 Å². The Bertz CT molecular complexity index is 695. The van der Waals surface area contributed by atoms with Gasteiger partial charge >= 0.3 is 0 Å². The molecular formula is C26H41N3O3. The highest BCUT2D eigenvalue weighted by atomic mass is 16.2. The highest BCUT2D eigenvalue weighted by Gasteiger charge is 2.54. The largest absolute Gasteiger partial charge is 0.355 e. The maximum absolute atomic E-state index is 13.1. The average Bonchev–Trinajstić information content (AvgIpc) is 2.79. The van der Waals surface area contributed by atoms with Crippen LogP contribution in [0.4, 0.5) is 0 Å². The van der Waals surface area contributed by atoms with Gasteiger partial charge in [0, 0.05) is 37.5 Å². The Kier molecular flexibility index (Phi) is 6.48. The Morgan fingerprint density at radius 2 is 1.50 bits per heavy atom. The number of piperidine rings is 1. The number of nitrogens with one attached hydrogen (secondary N) is 2. The summed E-state index contributed by atoms with van der Waals surface area (Å²) in [7, 11) is 0. The monoisotopic (exact) mass is 443 g/mol. The summed E-state index contributed by atoms with van der Waals surface area (Å²) in [5, 5.41) is 6.37. The van der Waals surface area contributed by atoms with E-state index in [1.54, 1.807) is 0 Å². The highest BCUT2D eigenvalue weighted by Crippen LogP contribution is 2.60. The lowest BCUT2D eigenvalue weighted by Gasteiger charge is -2.55. The van der Waals surface area contributed by atoms with Crippen LogP contribution in [-0.4, -0.2) is 48.3 Å². The normalized spacial score (nSPS) is 36.7. The lowest BCUT2D eigenvalue weighted by Crippen LogP contribution is -2.54. The fraction of sp³-hybridized carbons (Fsp3) is 0.885. The zero-order valence-electron chi connectivity index (χ0n) is 19.6. The molecule has 0 aromatic carbocycles. The minimum absolute atomic E-state index is 0.0750. The van der Waals surface area contributed by atoms with Crippen molar-refractivity contribution in [1.82, 2.24) is 15.5 Å². The minimum Gasteiger partial charge on any atom is -0.355 e. The zero-order valence-corrected chi connectivity index (χ0v) is 19.6. The van der Waals surface area contributed by atoms with Crippen LogP contribution in [0.5, 0.6) is 0 Å². The first-order chi connectivity index (χ1) is 15.5. The quantitative estimate of drug-likeness (QED) is 0.660. The Hall–Kier alpha value is -1.59. The predicted octanol–water partition coefficient (Wildman–Crippen LogP) is 3.40. The zero-order chi connectivity index (χ0) is 22.1. The van der Waals surface area contributed by atoms with Gasteiger partial charge in [0.1, 0.15) is 0 Å². The van der Waals surface area contributed by atoms with Crippen LogP contribution in [0.15, 0.2) is 0 Å². The van der Waals surface area contributed by atoms with E-state index in [0.717, 1.165) is 69.2 Å². The summed E-state index contributed by atoms with van der Waals surface area (Å²) in [6, 6.07) is 0.321. The van der Waals surface area contributed by atoms with Crippen molar-refractivity contribution in [2.75, 3.05) is 19.6 Å². The van der Waals surface area contributed by atoms with Gasteiger partial charge in [0.15, 0.2) is 0 Å². The molecule has 0 radical (unpaired) electrons. The van der Waals surface area contributed by atoms with Gasteiger partial charge in [0.05, 0.1) is 5.92 Å². The molecule has 2 N–H and O–H groups in total. The first-order valence-electron chi connectivity index (χ1n) is 13.4. The molecule has 6 aliphatic rings. The van der Waals surface area contributed by atoms with Gasteiger partial charge in [-0.05, 0) is 82.0 Å². The second kappa shape index (κ2) is 9.34. The van der Waals surface area contributed by atoms with Crippen LogP contribution in [0, 0.1) is 29.1 Å². The molecule has 3 amide bonds. The molecule has 1 unspecified atom stereocenters. The number of likely N-dealkylation sites (tertiary alicyclic amines) is 1. The van der Waals surface area contributed by atoms with Crippen LogP contribution in [-0.2, 0) is 14.4 Å². The molecular weight excluding hydrogens is 402 g/mol.